The van der Waals surface area contributed by atoms with Crippen LogP contribution in [0, 0.1) is 0 Å². The molecule has 5 nitrogen and oxygen atoms in total. The van der Waals surface area contributed by atoms with Gasteiger partial charge in [-0.25, -0.2) is 4.79 Å². The third kappa shape index (κ3) is 10.8. The molecule has 1 fully saturated rings. The maximum Gasteiger partial charge on any atom is 0.411 e. The molecule has 1 aromatic rings. The number of nitrogens with zero attached hydrogens (tertiary/aromatic N) is 1. The van der Waals surface area contributed by atoms with Gasteiger partial charge in [-0.2, -0.15) is 0 Å². The number of piperidine rings is 1. The molecule has 1 amide bonds. The molecule has 1 aromatic carbocycles. The Kier molecular flexibility index (Phi) is 13.6. The summed E-state index contributed by atoms with van der Waals surface area (Å²) in [5.41, 5.74) is 0.717. The Labute approximate surface area is 182 Å². The van der Waals surface area contributed by atoms with Crippen molar-refractivity contribution < 1.29 is 14.3 Å². The number of benzene rings is 1. The molecule has 0 radical (unpaired) electrons. The molecule has 1 aliphatic rings. The van der Waals surface area contributed by atoms with Crippen LogP contribution in [0.5, 0.6) is 5.75 Å². The highest BCUT2D eigenvalue weighted by Gasteiger charge is 2.22. The van der Waals surface area contributed by atoms with Gasteiger partial charge in [-0.15, -0.1) is 12.4 Å². The summed E-state index contributed by atoms with van der Waals surface area (Å²) in [5, 5.41) is 2.84. The van der Waals surface area contributed by atoms with Gasteiger partial charge in [0.25, 0.3) is 0 Å². The third-order valence-electron chi connectivity index (χ3n) is 5.23. The lowest BCUT2D eigenvalue weighted by Gasteiger charge is -2.31. The van der Waals surface area contributed by atoms with E-state index in [2.05, 4.69) is 24.1 Å². The number of rotatable bonds is 12. The molecule has 0 aromatic heterocycles. The zero-order chi connectivity index (χ0) is 20.0. The second-order valence-electron chi connectivity index (χ2n) is 7.72. The first-order valence-corrected chi connectivity index (χ1v) is 11.1. The molecule has 0 aliphatic carbocycles. The van der Waals surface area contributed by atoms with E-state index in [1.165, 1.54) is 38.5 Å². The molecule has 2 rings (SSSR count). The lowest BCUT2D eigenvalue weighted by atomic mass is 10.1. The van der Waals surface area contributed by atoms with Gasteiger partial charge in [0, 0.05) is 24.8 Å². The second-order valence-corrected chi connectivity index (χ2v) is 7.72. The molecular formula is C23H39ClN2O3. The third-order valence-corrected chi connectivity index (χ3v) is 5.23. The Balaban J connectivity index is 0.00000420. The first-order chi connectivity index (χ1) is 13.7. The number of hydrogen-bond donors (Lipinski definition) is 1. The van der Waals surface area contributed by atoms with Crippen LogP contribution in [0.15, 0.2) is 24.3 Å². The zero-order valence-electron chi connectivity index (χ0n) is 18.2. The first kappa shape index (κ1) is 25.6. The predicted octanol–water partition coefficient (Wildman–Crippen LogP) is 6.27. The van der Waals surface area contributed by atoms with Crippen LogP contribution < -0.4 is 10.1 Å². The van der Waals surface area contributed by atoms with E-state index in [0.717, 1.165) is 44.6 Å². The summed E-state index contributed by atoms with van der Waals surface area (Å²) in [5.74, 6) is 0.789. The maximum atomic E-state index is 12.2. The fourth-order valence-electron chi connectivity index (χ4n) is 3.49. The van der Waals surface area contributed by atoms with Gasteiger partial charge in [-0.05, 0) is 44.4 Å². The smallest absolute Gasteiger partial charge is 0.411 e. The number of hydrogen-bond acceptors (Lipinski definition) is 4. The monoisotopic (exact) mass is 426 g/mol. The average molecular weight is 427 g/mol. The van der Waals surface area contributed by atoms with Crippen LogP contribution in [0.4, 0.5) is 10.5 Å². The van der Waals surface area contributed by atoms with Gasteiger partial charge in [0.1, 0.15) is 11.9 Å². The fourth-order valence-corrected chi connectivity index (χ4v) is 3.49. The SMILES string of the molecule is CCCCCCCOc1cccc(NC(=O)OC2CCN(CCCC)CC2)c1.Cl. The van der Waals surface area contributed by atoms with Crippen LogP contribution in [0.3, 0.4) is 0 Å². The van der Waals surface area contributed by atoms with Gasteiger partial charge in [0.15, 0.2) is 0 Å². The van der Waals surface area contributed by atoms with Crippen LogP contribution >= 0.6 is 12.4 Å². The summed E-state index contributed by atoms with van der Waals surface area (Å²) in [7, 11) is 0. The minimum atomic E-state index is -0.372. The summed E-state index contributed by atoms with van der Waals surface area (Å²) in [4.78, 5) is 14.7. The van der Waals surface area contributed by atoms with Crippen molar-refractivity contribution in [1.82, 2.24) is 4.90 Å². The molecule has 1 heterocycles. The zero-order valence-corrected chi connectivity index (χ0v) is 19.0. The fraction of sp³-hybridized carbons (Fsp3) is 0.696. The van der Waals surface area contributed by atoms with Crippen molar-refractivity contribution >= 4 is 24.2 Å². The van der Waals surface area contributed by atoms with Crippen LogP contribution in [-0.2, 0) is 4.74 Å². The molecule has 1 saturated heterocycles. The highest BCUT2D eigenvalue weighted by Crippen LogP contribution is 2.19. The molecule has 0 bridgehead atoms. The number of likely N-dealkylation sites (tertiary alicyclic amines) is 1. The molecule has 0 unspecified atom stereocenters. The number of unbranched alkanes of at least 4 members (excludes halogenated alkanes) is 5. The van der Waals surface area contributed by atoms with E-state index in [9.17, 15) is 4.79 Å². The van der Waals surface area contributed by atoms with Gasteiger partial charge in [-0.1, -0.05) is 52.0 Å². The number of amides is 1. The summed E-state index contributed by atoms with van der Waals surface area (Å²) in [6, 6.07) is 7.55. The van der Waals surface area contributed by atoms with Crippen molar-refractivity contribution in [3.8, 4) is 5.75 Å². The molecule has 0 saturated carbocycles. The average Bonchev–Trinajstić information content (AvgIpc) is 2.70. The van der Waals surface area contributed by atoms with Crippen LogP contribution in [-0.4, -0.2) is 43.3 Å². The normalized spacial score (nSPS) is 14.8. The Morgan fingerprint density at radius 3 is 2.52 bits per heavy atom. The van der Waals surface area contributed by atoms with Crippen molar-refractivity contribution in [2.75, 3.05) is 31.6 Å². The molecule has 6 heteroatoms. The van der Waals surface area contributed by atoms with E-state index in [4.69, 9.17) is 9.47 Å². The molecule has 0 atom stereocenters. The number of anilines is 1. The van der Waals surface area contributed by atoms with Gasteiger partial charge in [-0.3, -0.25) is 5.32 Å². The highest BCUT2D eigenvalue weighted by molar-refractivity contribution is 5.85. The number of halogens is 1. The van der Waals surface area contributed by atoms with E-state index in [-0.39, 0.29) is 24.6 Å². The standard InChI is InChI=1S/C23H38N2O3.ClH/c1-3-5-7-8-9-18-27-22-12-10-11-20(19-22)24-23(26)28-21-13-16-25(17-14-21)15-6-4-2;/h10-12,19,21H,3-9,13-18H2,1-2H3,(H,24,26);1H. The van der Waals surface area contributed by atoms with Crippen LogP contribution in [0.1, 0.15) is 71.6 Å². The Hall–Kier alpha value is -1.46. The lowest BCUT2D eigenvalue weighted by molar-refractivity contribution is 0.0586. The molecule has 0 spiro atoms. The second kappa shape index (κ2) is 15.4. The number of carbonyl (C=O) groups is 1. The van der Waals surface area contributed by atoms with E-state index in [0.29, 0.717) is 12.3 Å². The minimum absolute atomic E-state index is 0. The summed E-state index contributed by atoms with van der Waals surface area (Å²) >= 11 is 0. The van der Waals surface area contributed by atoms with Crippen LogP contribution in [0.2, 0.25) is 0 Å². The Morgan fingerprint density at radius 2 is 1.79 bits per heavy atom. The molecule has 166 valence electrons. The van der Waals surface area contributed by atoms with E-state index >= 15 is 0 Å². The van der Waals surface area contributed by atoms with Crippen molar-refractivity contribution in [2.24, 2.45) is 0 Å². The number of nitrogens with one attached hydrogen (secondary N) is 1. The largest absolute Gasteiger partial charge is 0.494 e. The first-order valence-electron chi connectivity index (χ1n) is 11.1. The van der Waals surface area contributed by atoms with Gasteiger partial charge < -0.3 is 14.4 Å². The van der Waals surface area contributed by atoms with Crippen molar-refractivity contribution in [3.63, 3.8) is 0 Å². The Bertz CT molecular complexity index is 563. The quantitative estimate of drug-likeness (QED) is 0.400. The number of carbonyl (C=O) groups excluding carboxylic acids is 1. The molecule has 1 N–H and O–H groups in total. The molecule has 1 aliphatic heterocycles. The molecule has 29 heavy (non-hydrogen) atoms. The summed E-state index contributed by atoms with van der Waals surface area (Å²) < 4.78 is 11.4. The minimum Gasteiger partial charge on any atom is -0.494 e. The van der Waals surface area contributed by atoms with E-state index in [1.54, 1.807) is 0 Å². The summed E-state index contributed by atoms with van der Waals surface area (Å²) in [6.07, 6.45) is 10.0. The van der Waals surface area contributed by atoms with Crippen molar-refractivity contribution in [2.45, 2.75) is 77.7 Å². The summed E-state index contributed by atoms with van der Waals surface area (Å²) in [6.45, 7) is 8.33. The van der Waals surface area contributed by atoms with Gasteiger partial charge in [0.05, 0.1) is 6.61 Å². The van der Waals surface area contributed by atoms with Crippen LogP contribution in [0.25, 0.3) is 0 Å². The Morgan fingerprint density at radius 1 is 1.07 bits per heavy atom. The van der Waals surface area contributed by atoms with E-state index < -0.39 is 0 Å². The predicted molar refractivity (Wildman–Crippen MR) is 122 cm³/mol. The van der Waals surface area contributed by atoms with Crippen molar-refractivity contribution in [1.29, 1.82) is 0 Å². The lowest BCUT2D eigenvalue weighted by Crippen LogP contribution is -2.38. The maximum absolute atomic E-state index is 12.2. The van der Waals surface area contributed by atoms with Crippen molar-refractivity contribution in [3.05, 3.63) is 24.3 Å². The topological polar surface area (TPSA) is 50.8 Å². The van der Waals surface area contributed by atoms with E-state index in [1.807, 2.05) is 24.3 Å². The molecular weight excluding hydrogens is 388 g/mol. The van der Waals surface area contributed by atoms with Gasteiger partial charge in [0.2, 0.25) is 0 Å². The van der Waals surface area contributed by atoms with Gasteiger partial charge >= 0.3 is 6.09 Å². The highest BCUT2D eigenvalue weighted by atomic mass is 35.5. The number of ether oxygens (including phenoxy) is 2.